The zero-order valence-electron chi connectivity index (χ0n) is 13.1. The summed E-state index contributed by atoms with van der Waals surface area (Å²) < 4.78 is 2.82. The molecule has 3 aromatic rings. The van der Waals surface area contributed by atoms with Crippen LogP contribution < -0.4 is 0 Å². The molecule has 120 valence electrons. The summed E-state index contributed by atoms with van der Waals surface area (Å²) in [6, 6.07) is 34.2. The Balaban J connectivity index is 1.66. The van der Waals surface area contributed by atoms with Crippen LogP contribution in [0.4, 0.5) is 0 Å². The van der Waals surface area contributed by atoms with Crippen molar-refractivity contribution in [2.75, 3.05) is 0 Å². The van der Waals surface area contributed by atoms with E-state index in [1.165, 1.54) is 0 Å². The molecule has 0 spiro atoms. The molecule has 0 aromatic heterocycles. The third-order valence-corrected chi connectivity index (χ3v) is 25.6. The normalized spacial score (nSPS) is 23.8. The van der Waals surface area contributed by atoms with Gasteiger partial charge in [0, 0.05) is 0 Å². The summed E-state index contributed by atoms with van der Waals surface area (Å²) in [5.41, 5.74) is 4.91. The van der Waals surface area contributed by atoms with Gasteiger partial charge in [-0.15, -0.1) is 0 Å². The van der Waals surface area contributed by atoms with Gasteiger partial charge >= 0.3 is 176 Å². The topological polar surface area (TPSA) is 0 Å². The van der Waals surface area contributed by atoms with Crippen molar-refractivity contribution in [3.63, 3.8) is 0 Å². The summed E-state index contributed by atoms with van der Waals surface area (Å²) in [4.78, 5) is 0. The predicted molar refractivity (Wildman–Crippen MR) is 105 cm³/mol. The molecule has 1 aliphatic heterocycles. The van der Waals surface area contributed by atoms with Gasteiger partial charge < -0.3 is 0 Å². The Morgan fingerprint density at radius 2 is 0.625 bits per heavy atom. The van der Waals surface area contributed by atoms with Crippen LogP contribution in [0.2, 0.25) is 0 Å². The van der Waals surface area contributed by atoms with E-state index in [9.17, 15) is 0 Å². The van der Waals surface area contributed by atoms with Crippen LogP contribution in [0.25, 0.3) is 0 Å². The fraction of sp³-hybridized carbons (Fsp3) is 0.143. The van der Waals surface area contributed by atoms with Crippen LogP contribution in [0, 0.1) is 0 Å². The molecular weight excluding hydrogens is 635 g/mol. The van der Waals surface area contributed by atoms with Crippen molar-refractivity contribution in [1.29, 1.82) is 0 Å². The minimum atomic E-state index is 0.0121. The van der Waals surface area contributed by atoms with Crippen molar-refractivity contribution in [2.45, 2.75) is 6.04 Å². The van der Waals surface area contributed by atoms with Crippen LogP contribution in [0.15, 0.2) is 91.0 Å². The Bertz CT molecular complexity index is 645. The van der Waals surface area contributed by atoms with E-state index >= 15 is 0 Å². The van der Waals surface area contributed by atoms with Gasteiger partial charge in [-0.1, -0.05) is 0 Å². The Labute approximate surface area is 174 Å². The van der Waals surface area contributed by atoms with E-state index in [0.717, 1.165) is 6.04 Å². The van der Waals surface area contributed by atoms with E-state index in [1.54, 1.807) is 16.7 Å². The van der Waals surface area contributed by atoms with Crippen molar-refractivity contribution < 1.29 is 0 Å². The van der Waals surface area contributed by atoms with Crippen molar-refractivity contribution in [3.05, 3.63) is 108 Å². The van der Waals surface area contributed by atoms with Crippen molar-refractivity contribution in [3.8, 4) is 0 Å². The molecule has 0 unspecified atom stereocenters. The van der Waals surface area contributed by atoms with Crippen LogP contribution in [-0.2, 0) is 0 Å². The molecule has 0 amide bonds. The standard InChI is InChI=1S/C21H18Te3/c1-4-10-16(11-5-1)19-22-20(17-12-6-2-7-13-17)24-21(23-19)18-14-8-3-9-15-18/h1-15,19-21H. The zero-order chi connectivity index (χ0) is 16.2. The van der Waals surface area contributed by atoms with Gasteiger partial charge in [-0.05, 0) is 0 Å². The summed E-state index contributed by atoms with van der Waals surface area (Å²) in [5.74, 6) is 0. The van der Waals surface area contributed by atoms with Gasteiger partial charge in [-0.25, -0.2) is 0 Å². The molecule has 1 heterocycles. The molecule has 0 N–H and O–H groups in total. The quantitative estimate of drug-likeness (QED) is 0.372. The fourth-order valence-corrected chi connectivity index (χ4v) is 40.7. The Hall–Kier alpha value is 0.0288. The second-order valence-corrected chi connectivity index (χ2v) is 24.7. The molecular formula is C21H18Te3. The maximum atomic E-state index is 2.39. The van der Waals surface area contributed by atoms with Crippen molar-refractivity contribution in [1.82, 2.24) is 0 Å². The van der Waals surface area contributed by atoms with Crippen LogP contribution in [0.1, 0.15) is 22.7 Å². The van der Waals surface area contributed by atoms with E-state index < -0.39 is 0 Å². The molecule has 0 nitrogen and oxygen atoms in total. The average Bonchev–Trinajstić information content (AvgIpc) is 2.70. The molecule has 3 heteroatoms. The monoisotopic (exact) mass is 660 g/mol. The molecule has 1 aliphatic rings. The van der Waals surface area contributed by atoms with Crippen LogP contribution >= 0.6 is 0 Å². The third-order valence-electron chi connectivity index (χ3n) is 3.96. The molecule has 1 fully saturated rings. The number of rotatable bonds is 3. The van der Waals surface area contributed by atoms with Gasteiger partial charge in [-0.3, -0.25) is 0 Å². The van der Waals surface area contributed by atoms with Gasteiger partial charge in [-0.2, -0.15) is 0 Å². The molecule has 1 saturated heterocycles. The first kappa shape index (κ1) is 17.4. The van der Waals surface area contributed by atoms with Crippen molar-refractivity contribution in [2.24, 2.45) is 0 Å². The third kappa shape index (κ3) is 4.22. The molecule has 0 atom stereocenters. The zero-order valence-corrected chi connectivity index (χ0v) is 20.1. The minimum absolute atomic E-state index is 0.0121. The molecule has 0 radical (unpaired) electrons. The summed E-state index contributed by atoms with van der Waals surface area (Å²) in [6.45, 7) is 0. The van der Waals surface area contributed by atoms with Crippen molar-refractivity contribution >= 4 is 62.8 Å². The average molecular weight is 653 g/mol. The summed E-state index contributed by atoms with van der Waals surface area (Å²) >= 11 is 0.0363. The Morgan fingerprint density at radius 1 is 0.375 bits per heavy atom. The maximum absolute atomic E-state index is 2.39. The molecule has 0 bridgehead atoms. The second-order valence-electron chi connectivity index (χ2n) is 5.64. The number of benzene rings is 3. The first-order chi connectivity index (χ1) is 11.9. The summed E-state index contributed by atoms with van der Waals surface area (Å²) in [7, 11) is 0. The first-order valence-electron chi connectivity index (χ1n) is 8.01. The van der Waals surface area contributed by atoms with Gasteiger partial charge in [0.05, 0.1) is 0 Å². The number of hydrogen-bond acceptors (Lipinski definition) is 0. The van der Waals surface area contributed by atoms with E-state index in [1.807, 2.05) is 0 Å². The van der Waals surface area contributed by atoms with Crippen LogP contribution in [0.5, 0.6) is 0 Å². The molecule has 3 aromatic carbocycles. The van der Waals surface area contributed by atoms with Crippen LogP contribution in [-0.4, -0.2) is 62.8 Å². The Morgan fingerprint density at radius 3 is 0.875 bits per heavy atom. The fourth-order valence-electron chi connectivity index (χ4n) is 2.73. The second kappa shape index (κ2) is 8.61. The van der Waals surface area contributed by atoms with Gasteiger partial charge in [0.2, 0.25) is 0 Å². The number of hydrogen-bond donors (Lipinski definition) is 0. The SMILES string of the molecule is c1ccc(C2[Te]C(c3ccccc3)[Te]C(c3ccccc3)[Te]2)cc1. The van der Waals surface area contributed by atoms with E-state index in [0.29, 0.717) is 0 Å². The molecule has 0 aliphatic carbocycles. The molecule has 0 saturated carbocycles. The molecule has 4 rings (SSSR count). The van der Waals surface area contributed by atoms with E-state index in [2.05, 4.69) is 91.0 Å². The summed E-state index contributed by atoms with van der Waals surface area (Å²) in [6.07, 6.45) is 0. The van der Waals surface area contributed by atoms with Gasteiger partial charge in [0.25, 0.3) is 0 Å². The van der Waals surface area contributed by atoms with Crippen LogP contribution in [0.3, 0.4) is 0 Å². The van der Waals surface area contributed by atoms with Gasteiger partial charge in [0.15, 0.2) is 0 Å². The Kier molecular flexibility index (Phi) is 6.26. The van der Waals surface area contributed by atoms with E-state index in [4.69, 9.17) is 0 Å². The first-order valence-corrected chi connectivity index (χ1v) is 16.1. The van der Waals surface area contributed by atoms with Gasteiger partial charge in [0.1, 0.15) is 0 Å². The summed E-state index contributed by atoms with van der Waals surface area (Å²) in [5, 5.41) is 0. The molecule has 24 heavy (non-hydrogen) atoms. The predicted octanol–water partition coefficient (Wildman–Crippen LogP) is 4.21. The van der Waals surface area contributed by atoms with E-state index in [-0.39, 0.29) is 62.8 Å².